The summed E-state index contributed by atoms with van der Waals surface area (Å²) in [6, 6.07) is 8.41. The van der Waals surface area contributed by atoms with E-state index in [9.17, 15) is 13.2 Å². The first kappa shape index (κ1) is 21.2. The minimum absolute atomic E-state index is 0.0662. The highest BCUT2D eigenvalue weighted by Gasteiger charge is 2.09. The van der Waals surface area contributed by atoms with Crippen LogP contribution in [0.15, 0.2) is 41.6 Å². The molecule has 10 heteroatoms. The van der Waals surface area contributed by atoms with Crippen molar-refractivity contribution in [2.24, 2.45) is 5.14 Å². The molecule has 3 rings (SSSR count). The predicted molar refractivity (Wildman–Crippen MR) is 114 cm³/mol. The van der Waals surface area contributed by atoms with Crippen molar-refractivity contribution in [1.29, 1.82) is 0 Å². The van der Waals surface area contributed by atoms with Gasteiger partial charge >= 0.3 is 0 Å². The second-order valence-electron chi connectivity index (χ2n) is 6.47. The quantitative estimate of drug-likeness (QED) is 0.474. The van der Waals surface area contributed by atoms with Crippen LogP contribution in [0.2, 0.25) is 0 Å². The van der Waals surface area contributed by atoms with Gasteiger partial charge in [0.1, 0.15) is 17.0 Å². The second-order valence-corrected chi connectivity index (χ2v) is 9.15. The van der Waals surface area contributed by atoms with Gasteiger partial charge < -0.3 is 10.6 Å². The molecule has 0 aliphatic rings. The third-order valence-electron chi connectivity index (χ3n) is 4.36. The number of aromatic nitrogens is 2. The third-order valence-corrected chi connectivity index (χ3v) is 6.48. The first-order valence-electron chi connectivity index (χ1n) is 9.22. The summed E-state index contributed by atoms with van der Waals surface area (Å²) in [6.45, 7) is 3.04. The maximum atomic E-state index is 12.0. The molecule has 0 saturated heterocycles. The number of nitrogens with zero attached hydrogens (tertiary/aromatic N) is 2. The standard InChI is InChI=1S/C19H23N5O3S2/c1-2-14-11-16-18(23-12-24-19(16)28-14)22-10-8-17(25)21-9-7-13-3-5-15(6-4-13)29(20,26)27/h3-6,11-12H,2,7-10H2,1H3,(H,21,25)(H2,20,26,27)(H,22,23,24). The molecule has 29 heavy (non-hydrogen) atoms. The number of nitrogens with two attached hydrogens (primary N) is 1. The summed E-state index contributed by atoms with van der Waals surface area (Å²) in [5.41, 5.74) is 0.920. The van der Waals surface area contributed by atoms with Crippen molar-refractivity contribution in [1.82, 2.24) is 15.3 Å². The molecule has 8 nitrogen and oxygen atoms in total. The number of fused-ring (bicyclic) bond motifs is 1. The summed E-state index contributed by atoms with van der Waals surface area (Å²) in [4.78, 5) is 22.9. The number of carbonyl (C=O) groups is 1. The molecule has 0 bridgehead atoms. The minimum atomic E-state index is -3.69. The smallest absolute Gasteiger partial charge is 0.238 e. The van der Waals surface area contributed by atoms with E-state index in [0.717, 1.165) is 28.0 Å². The molecule has 4 N–H and O–H groups in total. The lowest BCUT2D eigenvalue weighted by molar-refractivity contribution is -0.120. The van der Waals surface area contributed by atoms with Crippen LogP contribution in [-0.4, -0.2) is 37.4 Å². The number of nitrogens with one attached hydrogen (secondary N) is 2. The summed E-state index contributed by atoms with van der Waals surface area (Å²) in [5.74, 6) is 0.678. The predicted octanol–water partition coefficient (Wildman–Crippen LogP) is 2.06. The van der Waals surface area contributed by atoms with Gasteiger partial charge in [0.25, 0.3) is 0 Å². The van der Waals surface area contributed by atoms with Gasteiger partial charge in [-0.2, -0.15) is 0 Å². The van der Waals surface area contributed by atoms with Gasteiger partial charge in [-0.15, -0.1) is 11.3 Å². The van der Waals surface area contributed by atoms with E-state index in [1.807, 2.05) is 0 Å². The zero-order chi connectivity index (χ0) is 20.9. The van der Waals surface area contributed by atoms with Gasteiger partial charge in [0, 0.05) is 24.4 Å². The monoisotopic (exact) mass is 433 g/mol. The Bertz CT molecular complexity index is 1090. The Balaban J connectivity index is 1.43. The van der Waals surface area contributed by atoms with E-state index < -0.39 is 10.0 Å². The maximum Gasteiger partial charge on any atom is 0.238 e. The molecule has 0 saturated carbocycles. The molecular weight excluding hydrogens is 410 g/mol. The number of hydrogen-bond acceptors (Lipinski definition) is 7. The van der Waals surface area contributed by atoms with Gasteiger partial charge in [-0.3, -0.25) is 4.79 Å². The molecule has 0 aliphatic heterocycles. The lowest BCUT2D eigenvalue weighted by Crippen LogP contribution is -2.27. The average Bonchev–Trinajstić information content (AvgIpc) is 3.12. The van der Waals surface area contributed by atoms with E-state index in [4.69, 9.17) is 5.14 Å². The number of primary sulfonamides is 1. The molecule has 2 aromatic heterocycles. The van der Waals surface area contributed by atoms with E-state index in [1.54, 1.807) is 23.5 Å². The number of aryl methyl sites for hydroxylation is 1. The molecule has 0 unspecified atom stereocenters. The van der Waals surface area contributed by atoms with Crippen LogP contribution < -0.4 is 15.8 Å². The van der Waals surface area contributed by atoms with Gasteiger partial charge in [-0.1, -0.05) is 19.1 Å². The van der Waals surface area contributed by atoms with Crippen molar-refractivity contribution in [3.05, 3.63) is 47.1 Å². The fourth-order valence-corrected chi connectivity index (χ4v) is 4.25. The van der Waals surface area contributed by atoms with Crippen LogP contribution >= 0.6 is 11.3 Å². The first-order chi connectivity index (χ1) is 13.9. The van der Waals surface area contributed by atoms with Crippen molar-refractivity contribution in [2.75, 3.05) is 18.4 Å². The van der Waals surface area contributed by atoms with Crippen molar-refractivity contribution in [3.8, 4) is 0 Å². The maximum absolute atomic E-state index is 12.0. The number of thiophene rings is 1. The Hall–Kier alpha value is -2.56. The van der Waals surface area contributed by atoms with Crippen LogP contribution in [0.25, 0.3) is 10.2 Å². The number of amides is 1. The Morgan fingerprint density at radius 1 is 1.17 bits per heavy atom. The topological polar surface area (TPSA) is 127 Å². The lowest BCUT2D eigenvalue weighted by Gasteiger charge is -2.08. The van der Waals surface area contributed by atoms with Gasteiger partial charge in [-0.25, -0.2) is 23.5 Å². The molecule has 1 amide bonds. The van der Waals surface area contributed by atoms with Crippen LogP contribution in [0, 0.1) is 0 Å². The van der Waals surface area contributed by atoms with Gasteiger partial charge in [0.05, 0.1) is 10.3 Å². The van der Waals surface area contributed by atoms with Crippen molar-refractivity contribution in [3.63, 3.8) is 0 Å². The number of rotatable bonds is 9. The highest BCUT2D eigenvalue weighted by Crippen LogP contribution is 2.28. The fraction of sp³-hybridized carbons (Fsp3) is 0.316. The average molecular weight is 434 g/mol. The van der Waals surface area contributed by atoms with Crippen LogP contribution in [0.5, 0.6) is 0 Å². The Labute approximate surface area is 173 Å². The Morgan fingerprint density at radius 3 is 2.62 bits per heavy atom. The summed E-state index contributed by atoms with van der Waals surface area (Å²) in [5, 5.41) is 12.1. The zero-order valence-electron chi connectivity index (χ0n) is 16.0. The van der Waals surface area contributed by atoms with Crippen LogP contribution in [0.3, 0.4) is 0 Å². The van der Waals surface area contributed by atoms with E-state index in [0.29, 0.717) is 25.9 Å². The normalized spacial score (nSPS) is 11.5. The Morgan fingerprint density at radius 2 is 1.93 bits per heavy atom. The highest BCUT2D eigenvalue weighted by molar-refractivity contribution is 7.89. The fourth-order valence-electron chi connectivity index (χ4n) is 2.80. The second kappa shape index (κ2) is 9.29. The van der Waals surface area contributed by atoms with E-state index in [2.05, 4.69) is 33.6 Å². The highest BCUT2D eigenvalue weighted by atomic mass is 32.2. The first-order valence-corrected chi connectivity index (χ1v) is 11.6. The molecule has 0 aliphatic carbocycles. The van der Waals surface area contributed by atoms with E-state index in [-0.39, 0.29) is 10.8 Å². The van der Waals surface area contributed by atoms with E-state index in [1.165, 1.54) is 23.3 Å². The molecular formula is C19H23N5O3S2. The minimum Gasteiger partial charge on any atom is -0.369 e. The Kier molecular flexibility index (Phi) is 6.78. The largest absolute Gasteiger partial charge is 0.369 e. The van der Waals surface area contributed by atoms with Gasteiger partial charge in [0.15, 0.2) is 0 Å². The molecule has 154 valence electrons. The number of hydrogen-bond donors (Lipinski definition) is 3. The van der Waals surface area contributed by atoms with Crippen LogP contribution in [0.4, 0.5) is 5.82 Å². The summed E-state index contributed by atoms with van der Waals surface area (Å²) in [7, 11) is -3.69. The van der Waals surface area contributed by atoms with Crippen molar-refractivity contribution < 1.29 is 13.2 Å². The summed E-state index contributed by atoms with van der Waals surface area (Å²) < 4.78 is 22.5. The molecule has 0 spiro atoms. The summed E-state index contributed by atoms with van der Waals surface area (Å²) >= 11 is 1.65. The number of anilines is 1. The van der Waals surface area contributed by atoms with Crippen molar-refractivity contribution >= 4 is 43.3 Å². The van der Waals surface area contributed by atoms with Crippen LogP contribution in [-0.2, 0) is 27.7 Å². The number of benzene rings is 1. The molecule has 2 heterocycles. The molecule has 3 aromatic rings. The zero-order valence-corrected chi connectivity index (χ0v) is 17.6. The molecule has 1 aromatic carbocycles. The third kappa shape index (κ3) is 5.72. The van der Waals surface area contributed by atoms with Gasteiger partial charge in [-0.05, 0) is 36.6 Å². The molecule has 0 fully saturated rings. The molecule has 0 atom stereocenters. The number of carbonyl (C=O) groups excluding carboxylic acids is 1. The lowest BCUT2D eigenvalue weighted by atomic mass is 10.1. The number of sulfonamides is 1. The molecule has 0 radical (unpaired) electrons. The van der Waals surface area contributed by atoms with Crippen molar-refractivity contribution in [2.45, 2.75) is 31.1 Å². The van der Waals surface area contributed by atoms with E-state index >= 15 is 0 Å². The van der Waals surface area contributed by atoms with Crippen LogP contribution in [0.1, 0.15) is 23.8 Å². The SMILES string of the molecule is CCc1cc2c(NCCC(=O)NCCc3ccc(S(N)(=O)=O)cc3)ncnc2s1. The summed E-state index contributed by atoms with van der Waals surface area (Å²) in [6.07, 6.45) is 3.40. The van der Waals surface area contributed by atoms with Gasteiger partial charge in [0.2, 0.25) is 15.9 Å².